The fraction of sp³-hybridized carbons (Fsp3) is 0. The van der Waals surface area contributed by atoms with Crippen LogP contribution in [0.2, 0.25) is 0 Å². The molecule has 0 fully saturated rings. The van der Waals surface area contributed by atoms with E-state index in [0.29, 0.717) is 22.3 Å². The molecule has 0 N–H and O–H groups in total. The third-order valence-electron chi connectivity index (χ3n) is 10.1. The Morgan fingerprint density at radius 1 is 0.362 bits per heavy atom. The number of nitrogens with zero attached hydrogens (tertiary/aromatic N) is 9. The number of hydrogen-bond acceptors (Lipinski definition) is 10. The molecule has 4 aromatic carbocycles. The van der Waals surface area contributed by atoms with Crippen LogP contribution in [0.5, 0.6) is 0 Å². The second-order valence-electron chi connectivity index (χ2n) is 14.7. The topological polar surface area (TPSA) is 172 Å². The van der Waals surface area contributed by atoms with E-state index in [-0.39, 0.29) is 72.5 Å². The number of benzene rings is 4. The molecule has 15 heteroatoms. The van der Waals surface area contributed by atoms with E-state index in [1.807, 2.05) is 129 Å². The summed E-state index contributed by atoms with van der Waals surface area (Å²) < 4.78 is 5.44. The molecule has 1 radical (unpaired) electrons. The summed E-state index contributed by atoms with van der Waals surface area (Å²) in [4.78, 5) is 36.8. The summed E-state index contributed by atoms with van der Waals surface area (Å²) in [5.74, 6) is -1.06. The van der Waals surface area contributed by atoms with E-state index in [4.69, 9.17) is 15.3 Å². The van der Waals surface area contributed by atoms with E-state index in [2.05, 4.69) is 15.0 Å². The predicted molar refractivity (Wildman–Crippen MR) is 259 cm³/mol. The maximum atomic E-state index is 11.8. The molecule has 0 atom stereocenters. The fourth-order valence-corrected chi connectivity index (χ4v) is 6.70. The molecule has 0 saturated carbocycles. The first-order valence-corrected chi connectivity index (χ1v) is 21.4. The van der Waals surface area contributed by atoms with Crippen LogP contribution in [-0.4, -0.2) is 62.7 Å². The Morgan fingerprint density at radius 3 is 0.913 bits per heavy atom. The van der Waals surface area contributed by atoms with E-state index < -0.39 is 7.12 Å². The van der Waals surface area contributed by atoms with Crippen LogP contribution < -0.4 is 10.2 Å². The van der Waals surface area contributed by atoms with Gasteiger partial charge in [-0.2, -0.15) is 0 Å². The van der Waals surface area contributed by atoms with Crippen molar-refractivity contribution in [2.75, 3.05) is 0 Å². The zero-order chi connectivity index (χ0) is 46.9. The van der Waals surface area contributed by atoms with Crippen molar-refractivity contribution < 1.29 is 69.2 Å². The van der Waals surface area contributed by atoms with Gasteiger partial charge in [-0.15, -0.1) is 0 Å². The monoisotopic (exact) mass is 1040 g/mol. The van der Waals surface area contributed by atoms with E-state index in [1.54, 1.807) is 116 Å². The number of hydrogen-bond donors (Lipinski definition) is 0. The molecular weight excluding hydrogens is 1000 g/mol. The Morgan fingerprint density at radius 2 is 0.638 bits per heavy atom. The molecule has 6 heterocycles. The Balaban J connectivity index is 0.000000169. The Bertz CT molecular complexity index is 2940. The van der Waals surface area contributed by atoms with Gasteiger partial charge in [0.2, 0.25) is 0 Å². The van der Waals surface area contributed by atoms with E-state index in [1.165, 1.54) is 0 Å². The molecule has 69 heavy (non-hydrogen) atoms. The van der Waals surface area contributed by atoms with Crippen LogP contribution >= 0.6 is 0 Å². The molecule has 0 unspecified atom stereocenters. The standard InChI is InChI=1S/C24H18BN9.2C15H12O2.Eu/c1-4-13-26-19(7-1)22-10-16-32(29-22)25(33-17-11-23(30-33)20-8-2-5-14-27-20)34-18-12-24(31-34)21-9-3-6-15-28-21;2*16-14(12-7-3-1-4-8-12)11-15(17)13-9-5-2-6-10-13;/h1-18H;2*1-11,16H;/q-1;;;+3/p-2/b;2*14-11-;. The van der Waals surface area contributed by atoms with Gasteiger partial charge < -0.3 is 24.0 Å². The van der Waals surface area contributed by atoms with Gasteiger partial charge in [-0.25, -0.2) is 15.3 Å². The van der Waals surface area contributed by atoms with Crippen molar-refractivity contribution in [2.45, 2.75) is 0 Å². The molecule has 10 rings (SSSR count). The van der Waals surface area contributed by atoms with Crippen LogP contribution in [-0.2, 0) is 0 Å². The molecule has 0 amide bonds. The molecular formula is C54H40BEuN9O4. The van der Waals surface area contributed by atoms with Crippen LogP contribution in [0.25, 0.3) is 45.7 Å². The summed E-state index contributed by atoms with van der Waals surface area (Å²) in [6.07, 6.45) is 13.2. The molecule has 13 nitrogen and oxygen atoms in total. The summed E-state index contributed by atoms with van der Waals surface area (Å²) in [7, 11) is -0.479. The SMILES string of the molecule is O=C(/C=C(\[O-])c1ccccc1)c1ccccc1.O=C(/C=C(\[O-])c1ccccc1)c1ccccc1.[Eu+3].c1ccc(-c2ccn([B-](n3ccc(-c4ccccn4)n3)n3ccc(-c4ccccn4)n3)n2)nc1. The third kappa shape index (κ3) is 13.4. The van der Waals surface area contributed by atoms with Gasteiger partial charge in [-0.3, -0.25) is 24.5 Å². The van der Waals surface area contributed by atoms with Crippen LogP contribution in [0.4, 0.5) is 0 Å². The third-order valence-corrected chi connectivity index (χ3v) is 10.1. The second kappa shape index (κ2) is 24.7. The van der Waals surface area contributed by atoms with Crippen LogP contribution in [0.15, 0.2) is 243 Å². The molecule has 6 aromatic heterocycles. The number of pyridine rings is 3. The summed E-state index contributed by atoms with van der Waals surface area (Å²) in [5.41, 5.74) is 6.78. The largest absolute Gasteiger partial charge is 3.00 e. The summed E-state index contributed by atoms with van der Waals surface area (Å²) in [5, 5.41) is 37.9. The van der Waals surface area contributed by atoms with E-state index in [9.17, 15) is 19.8 Å². The molecule has 0 aliphatic rings. The number of aromatic nitrogens is 9. The Kier molecular flexibility index (Phi) is 17.5. The minimum Gasteiger partial charge on any atom is -0.872 e. The number of ketones is 2. The van der Waals surface area contributed by atoms with Crippen molar-refractivity contribution >= 4 is 30.2 Å². The average Bonchev–Trinajstić information content (AvgIpc) is 4.22. The first kappa shape index (κ1) is 48.9. The normalized spacial score (nSPS) is 11.0. The zero-order valence-corrected chi connectivity index (χ0v) is 39.1. The van der Waals surface area contributed by atoms with Crippen molar-refractivity contribution in [3.63, 3.8) is 0 Å². The number of carbonyl (C=O) groups is 2. The van der Waals surface area contributed by atoms with Gasteiger partial charge in [0, 0.05) is 29.7 Å². The van der Waals surface area contributed by atoms with Crippen molar-refractivity contribution in [1.82, 2.24) is 44.0 Å². The van der Waals surface area contributed by atoms with Gasteiger partial charge in [0.05, 0.1) is 17.1 Å². The van der Waals surface area contributed by atoms with Gasteiger partial charge in [0.25, 0.3) is 7.12 Å². The molecule has 0 aliphatic carbocycles. The maximum absolute atomic E-state index is 11.8. The quantitative estimate of drug-likeness (QED) is 0.0506. The molecule has 0 saturated heterocycles. The minimum atomic E-state index is -0.479. The maximum Gasteiger partial charge on any atom is 3.00 e. The van der Waals surface area contributed by atoms with Crippen LogP contribution in [0.3, 0.4) is 0 Å². The van der Waals surface area contributed by atoms with Crippen molar-refractivity contribution in [3.05, 3.63) is 266 Å². The van der Waals surface area contributed by atoms with Gasteiger partial charge in [0.1, 0.15) is 17.1 Å². The van der Waals surface area contributed by atoms with Crippen molar-refractivity contribution in [2.24, 2.45) is 0 Å². The first-order chi connectivity index (χ1) is 33.4. The summed E-state index contributed by atoms with van der Waals surface area (Å²) >= 11 is 0. The molecule has 335 valence electrons. The zero-order valence-electron chi connectivity index (χ0n) is 36.7. The Labute approximate surface area is 439 Å². The Hall–Kier alpha value is -7.97. The van der Waals surface area contributed by atoms with Crippen LogP contribution in [0.1, 0.15) is 31.8 Å². The number of carbonyl (C=O) groups excluding carboxylic acids is 2. The average molecular weight is 1040 g/mol. The van der Waals surface area contributed by atoms with Gasteiger partial charge in [0.15, 0.2) is 11.6 Å². The summed E-state index contributed by atoms with van der Waals surface area (Å²) in [6.45, 7) is 0. The van der Waals surface area contributed by atoms with E-state index in [0.717, 1.165) is 46.3 Å². The smallest absolute Gasteiger partial charge is 0.872 e. The molecule has 10 aromatic rings. The van der Waals surface area contributed by atoms with Crippen molar-refractivity contribution in [1.29, 1.82) is 0 Å². The number of allylic oxidation sites excluding steroid dienone is 2. The van der Waals surface area contributed by atoms with Crippen molar-refractivity contribution in [3.8, 4) is 34.2 Å². The molecule has 0 aliphatic heterocycles. The van der Waals surface area contributed by atoms with Gasteiger partial charge in [-0.1, -0.05) is 151 Å². The van der Waals surface area contributed by atoms with Gasteiger partial charge >= 0.3 is 49.4 Å². The molecule has 0 bridgehead atoms. The second-order valence-corrected chi connectivity index (χ2v) is 14.7. The first-order valence-electron chi connectivity index (χ1n) is 21.4. The van der Waals surface area contributed by atoms with Gasteiger partial charge in [-0.05, 0) is 96.5 Å². The minimum absolute atomic E-state index is 0. The van der Waals surface area contributed by atoms with E-state index >= 15 is 0 Å². The summed E-state index contributed by atoms with van der Waals surface area (Å²) in [6, 6.07) is 58.1. The fourth-order valence-electron chi connectivity index (χ4n) is 6.70. The number of rotatable bonds is 12. The molecule has 0 spiro atoms. The van der Waals surface area contributed by atoms with Crippen LogP contribution in [0, 0.1) is 49.4 Å². The predicted octanol–water partition coefficient (Wildman–Crippen LogP) is 7.93.